The monoisotopic (exact) mass is 258 g/mol. The number of hydrogen-bond donors (Lipinski definition) is 1. The first-order chi connectivity index (χ1) is 6.81. The van der Waals surface area contributed by atoms with Crippen molar-refractivity contribution in [2.24, 2.45) is 0 Å². The number of rotatable bonds is 3. The molecule has 4 heteroatoms. The minimum absolute atomic E-state index is 0.209. The number of hydrogen-bond acceptors (Lipinski definition) is 3. The molecule has 0 saturated heterocycles. The Hall–Kier alpha value is -0.740. The van der Waals surface area contributed by atoms with Crippen molar-refractivity contribution in [2.75, 3.05) is 13.4 Å². The highest BCUT2D eigenvalue weighted by Gasteiger charge is 2.15. The Morgan fingerprint density at radius 3 is 2.71 bits per heavy atom. The number of aryl methyl sites for hydroxylation is 1. The normalized spacial score (nSPS) is 13.3. The standard InChI is InChI=1S/C10H11BrO3/c11-8-5-10-9(13-6-14-10)4-7(8)2-1-3-12/h4-5,12H,1-3,6H2. The molecule has 0 atom stereocenters. The number of ether oxygens (including phenoxy) is 2. The second-order valence-corrected chi connectivity index (χ2v) is 3.98. The fourth-order valence-electron chi connectivity index (χ4n) is 1.42. The summed E-state index contributed by atoms with van der Waals surface area (Å²) in [7, 11) is 0. The quantitative estimate of drug-likeness (QED) is 0.903. The van der Waals surface area contributed by atoms with Gasteiger partial charge in [0.15, 0.2) is 11.5 Å². The maximum absolute atomic E-state index is 8.74. The van der Waals surface area contributed by atoms with Crippen LogP contribution in [0.15, 0.2) is 16.6 Å². The van der Waals surface area contributed by atoms with Crippen molar-refractivity contribution in [3.8, 4) is 11.5 Å². The molecule has 1 N–H and O–H groups in total. The first-order valence-electron chi connectivity index (χ1n) is 4.50. The summed E-state index contributed by atoms with van der Waals surface area (Å²) in [6.45, 7) is 0.506. The highest BCUT2D eigenvalue weighted by Crippen LogP contribution is 2.37. The summed E-state index contributed by atoms with van der Waals surface area (Å²) >= 11 is 3.46. The van der Waals surface area contributed by atoms with E-state index < -0.39 is 0 Å². The van der Waals surface area contributed by atoms with Crippen LogP contribution < -0.4 is 9.47 Å². The van der Waals surface area contributed by atoms with Crippen LogP contribution in [-0.4, -0.2) is 18.5 Å². The summed E-state index contributed by atoms with van der Waals surface area (Å²) in [5, 5.41) is 8.74. The summed E-state index contributed by atoms with van der Waals surface area (Å²) < 4.78 is 11.5. The molecule has 14 heavy (non-hydrogen) atoms. The molecule has 1 aliphatic rings. The van der Waals surface area contributed by atoms with Crippen LogP contribution in [0.5, 0.6) is 11.5 Å². The van der Waals surface area contributed by atoms with E-state index in [1.165, 1.54) is 0 Å². The van der Waals surface area contributed by atoms with Gasteiger partial charge in [-0.05, 0) is 30.5 Å². The van der Waals surface area contributed by atoms with Gasteiger partial charge in [-0.15, -0.1) is 0 Å². The second kappa shape index (κ2) is 4.19. The smallest absolute Gasteiger partial charge is 0.231 e. The molecular weight excluding hydrogens is 248 g/mol. The van der Waals surface area contributed by atoms with Gasteiger partial charge in [-0.25, -0.2) is 0 Å². The molecule has 1 aliphatic heterocycles. The van der Waals surface area contributed by atoms with E-state index in [1.807, 2.05) is 12.1 Å². The summed E-state index contributed by atoms with van der Waals surface area (Å²) in [5.41, 5.74) is 1.14. The molecule has 2 rings (SSSR count). The molecule has 1 heterocycles. The predicted octanol–water partition coefficient (Wildman–Crippen LogP) is 2.10. The van der Waals surface area contributed by atoms with Crippen molar-refractivity contribution < 1.29 is 14.6 Å². The molecule has 0 amide bonds. The molecule has 1 aromatic carbocycles. The van der Waals surface area contributed by atoms with Gasteiger partial charge in [0.1, 0.15) is 0 Å². The lowest BCUT2D eigenvalue weighted by molar-refractivity contribution is 0.174. The van der Waals surface area contributed by atoms with Crippen LogP contribution in [0.25, 0.3) is 0 Å². The van der Waals surface area contributed by atoms with Gasteiger partial charge in [-0.1, -0.05) is 15.9 Å². The van der Waals surface area contributed by atoms with Gasteiger partial charge < -0.3 is 14.6 Å². The van der Waals surface area contributed by atoms with Crippen LogP contribution in [0.3, 0.4) is 0 Å². The van der Waals surface area contributed by atoms with E-state index in [1.54, 1.807) is 0 Å². The molecule has 0 bridgehead atoms. The fourth-order valence-corrected chi connectivity index (χ4v) is 1.94. The molecular formula is C10H11BrO3. The summed E-state index contributed by atoms with van der Waals surface area (Å²) in [6, 6.07) is 3.87. The second-order valence-electron chi connectivity index (χ2n) is 3.12. The van der Waals surface area contributed by atoms with Crippen LogP contribution >= 0.6 is 15.9 Å². The van der Waals surface area contributed by atoms with Crippen LogP contribution in [0.2, 0.25) is 0 Å². The maximum atomic E-state index is 8.74. The van der Waals surface area contributed by atoms with Crippen molar-refractivity contribution in [2.45, 2.75) is 12.8 Å². The zero-order valence-corrected chi connectivity index (χ0v) is 9.21. The maximum Gasteiger partial charge on any atom is 0.231 e. The van der Waals surface area contributed by atoms with Crippen molar-refractivity contribution >= 4 is 15.9 Å². The topological polar surface area (TPSA) is 38.7 Å². The largest absolute Gasteiger partial charge is 0.454 e. The minimum Gasteiger partial charge on any atom is -0.454 e. The minimum atomic E-state index is 0.209. The van der Waals surface area contributed by atoms with E-state index >= 15 is 0 Å². The number of fused-ring (bicyclic) bond motifs is 1. The van der Waals surface area contributed by atoms with E-state index in [4.69, 9.17) is 14.6 Å². The van der Waals surface area contributed by atoms with Gasteiger partial charge in [0.2, 0.25) is 6.79 Å². The molecule has 0 aliphatic carbocycles. The van der Waals surface area contributed by atoms with Gasteiger partial charge >= 0.3 is 0 Å². The Morgan fingerprint density at radius 1 is 1.29 bits per heavy atom. The number of benzene rings is 1. The summed E-state index contributed by atoms with van der Waals surface area (Å²) in [6.07, 6.45) is 1.60. The number of halogens is 1. The van der Waals surface area contributed by atoms with Gasteiger partial charge in [0.05, 0.1) is 0 Å². The van der Waals surface area contributed by atoms with E-state index in [-0.39, 0.29) is 6.61 Å². The first kappa shape index (κ1) is 9.80. The Bertz CT molecular complexity index is 338. The van der Waals surface area contributed by atoms with Crippen LogP contribution in [0.4, 0.5) is 0 Å². The van der Waals surface area contributed by atoms with Crippen molar-refractivity contribution in [3.05, 3.63) is 22.2 Å². The molecule has 0 radical (unpaired) electrons. The van der Waals surface area contributed by atoms with Crippen molar-refractivity contribution in [1.29, 1.82) is 0 Å². The molecule has 0 fully saturated rings. The van der Waals surface area contributed by atoms with E-state index in [9.17, 15) is 0 Å². The van der Waals surface area contributed by atoms with E-state index in [2.05, 4.69) is 15.9 Å². The molecule has 0 unspecified atom stereocenters. The summed E-state index contributed by atoms with van der Waals surface area (Å²) in [4.78, 5) is 0. The van der Waals surface area contributed by atoms with E-state index in [0.717, 1.165) is 34.4 Å². The predicted molar refractivity (Wildman–Crippen MR) is 55.7 cm³/mol. The highest BCUT2D eigenvalue weighted by atomic mass is 79.9. The van der Waals surface area contributed by atoms with Gasteiger partial charge in [0.25, 0.3) is 0 Å². The van der Waals surface area contributed by atoms with Crippen LogP contribution in [0.1, 0.15) is 12.0 Å². The average molecular weight is 259 g/mol. The van der Waals surface area contributed by atoms with Crippen molar-refractivity contribution in [1.82, 2.24) is 0 Å². The zero-order chi connectivity index (χ0) is 9.97. The first-order valence-corrected chi connectivity index (χ1v) is 5.29. The van der Waals surface area contributed by atoms with Crippen molar-refractivity contribution in [3.63, 3.8) is 0 Å². The van der Waals surface area contributed by atoms with Gasteiger partial charge in [0, 0.05) is 11.1 Å². The molecule has 3 nitrogen and oxygen atoms in total. The zero-order valence-electron chi connectivity index (χ0n) is 7.62. The van der Waals surface area contributed by atoms with Gasteiger partial charge in [-0.3, -0.25) is 0 Å². The Kier molecular flexibility index (Phi) is 2.93. The molecule has 0 saturated carbocycles. The molecule has 1 aromatic rings. The van der Waals surface area contributed by atoms with Gasteiger partial charge in [-0.2, -0.15) is 0 Å². The molecule has 76 valence electrons. The lowest BCUT2D eigenvalue weighted by Crippen LogP contribution is -1.93. The van der Waals surface area contributed by atoms with Crippen LogP contribution in [-0.2, 0) is 6.42 Å². The third-order valence-corrected chi connectivity index (χ3v) is 2.88. The SMILES string of the molecule is OCCCc1cc2c(cc1Br)OCO2. The number of aliphatic hydroxyl groups excluding tert-OH is 1. The Morgan fingerprint density at radius 2 is 2.00 bits per heavy atom. The Labute approximate surface area is 90.8 Å². The van der Waals surface area contributed by atoms with Crippen LogP contribution in [0, 0.1) is 0 Å². The third kappa shape index (κ3) is 1.86. The molecule has 0 aromatic heterocycles. The lowest BCUT2D eigenvalue weighted by atomic mass is 10.1. The van der Waals surface area contributed by atoms with E-state index in [0.29, 0.717) is 6.79 Å². The average Bonchev–Trinajstić information content (AvgIpc) is 2.61. The highest BCUT2D eigenvalue weighted by molar-refractivity contribution is 9.10. The number of aliphatic hydroxyl groups is 1. The lowest BCUT2D eigenvalue weighted by Gasteiger charge is -2.04. The summed E-state index contributed by atoms with van der Waals surface area (Å²) in [5.74, 6) is 1.57. The fraction of sp³-hybridized carbons (Fsp3) is 0.400. The third-order valence-electron chi connectivity index (χ3n) is 2.15. The Balaban J connectivity index is 2.23. The molecule has 0 spiro atoms.